The van der Waals surface area contributed by atoms with Crippen LogP contribution in [0.1, 0.15) is 36.9 Å². The largest absolute Gasteiger partial charge is 0.497 e. The van der Waals surface area contributed by atoms with Crippen LogP contribution in [0, 0.1) is 5.41 Å². The van der Waals surface area contributed by atoms with Gasteiger partial charge in [-0.1, -0.05) is 18.2 Å². The molecule has 0 bridgehead atoms. The van der Waals surface area contributed by atoms with Gasteiger partial charge in [-0.05, 0) is 80.6 Å². The molecule has 0 atom stereocenters. The predicted octanol–water partition coefficient (Wildman–Crippen LogP) is 3.97. The summed E-state index contributed by atoms with van der Waals surface area (Å²) in [5, 5.41) is 0. The fourth-order valence-corrected chi connectivity index (χ4v) is 4.79. The minimum absolute atomic E-state index is 0.512. The Kier molecular flexibility index (Phi) is 5.74. The first-order valence-electron chi connectivity index (χ1n) is 10.2. The van der Waals surface area contributed by atoms with Crippen LogP contribution < -0.4 is 4.74 Å². The molecule has 1 aromatic heterocycles. The van der Waals surface area contributed by atoms with Crippen molar-refractivity contribution in [3.05, 3.63) is 59.9 Å². The second-order valence-electron chi connectivity index (χ2n) is 8.26. The fourth-order valence-electron chi connectivity index (χ4n) is 4.79. The number of ether oxygens (including phenoxy) is 1. The summed E-state index contributed by atoms with van der Waals surface area (Å²) >= 11 is 0. The van der Waals surface area contributed by atoms with Gasteiger partial charge >= 0.3 is 0 Å². The van der Waals surface area contributed by atoms with Crippen molar-refractivity contribution in [2.45, 2.75) is 38.8 Å². The van der Waals surface area contributed by atoms with Crippen molar-refractivity contribution < 1.29 is 4.74 Å². The lowest BCUT2D eigenvalue weighted by Gasteiger charge is -2.47. The van der Waals surface area contributed by atoms with Gasteiger partial charge in [0.15, 0.2) is 0 Å². The summed E-state index contributed by atoms with van der Waals surface area (Å²) in [7, 11) is 1.74. The van der Waals surface area contributed by atoms with Gasteiger partial charge in [-0.3, -0.25) is 14.8 Å². The van der Waals surface area contributed by atoms with Gasteiger partial charge in [0.25, 0.3) is 0 Å². The number of likely N-dealkylation sites (tertiary alicyclic amines) is 2. The molecule has 0 unspecified atom stereocenters. The third-order valence-electron chi connectivity index (χ3n) is 6.31. The molecule has 4 nitrogen and oxygen atoms in total. The number of hydrogen-bond acceptors (Lipinski definition) is 4. The minimum Gasteiger partial charge on any atom is -0.497 e. The number of aromatic nitrogens is 1. The first-order chi connectivity index (χ1) is 13.2. The van der Waals surface area contributed by atoms with Gasteiger partial charge in [0.2, 0.25) is 0 Å². The molecule has 0 saturated carbocycles. The Hall–Kier alpha value is -1.91. The van der Waals surface area contributed by atoms with Crippen molar-refractivity contribution in [1.82, 2.24) is 14.8 Å². The van der Waals surface area contributed by atoms with E-state index in [9.17, 15) is 0 Å². The molecule has 1 aromatic carbocycles. The van der Waals surface area contributed by atoms with Crippen LogP contribution in [0.15, 0.2) is 48.7 Å². The molecule has 2 fully saturated rings. The van der Waals surface area contributed by atoms with Crippen molar-refractivity contribution in [3.8, 4) is 5.75 Å². The highest BCUT2D eigenvalue weighted by Gasteiger charge is 2.38. The topological polar surface area (TPSA) is 28.6 Å². The third kappa shape index (κ3) is 4.69. The Bertz CT molecular complexity index is 725. The molecule has 2 saturated heterocycles. The summed E-state index contributed by atoms with van der Waals surface area (Å²) in [5.74, 6) is 0.957. The molecule has 2 aliphatic heterocycles. The maximum absolute atomic E-state index is 5.37. The smallest absolute Gasteiger partial charge is 0.119 e. The second-order valence-corrected chi connectivity index (χ2v) is 8.26. The number of methoxy groups -OCH3 is 1. The lowest BCUT2D eigenvalue weighted by Crippen LogP contribution is -2.49. The zero-order chi connectivity index (χ0) is 18.5. The van der Waals surface area contributed by atoms with Crippen LogP contribution in [0.2, 0.25) is 0 Å². The van der Waals surface area contributed by atoms with Gasteiger partial charge < -0.3 is 4.74 Å². The average molecular weight is 366 g/mol. The minimum atomic E-state index is 0.512. The highest BCUT2D eigenvalue weighted by molar-refractivity contribution is 5.28. The van der Waals surface area contributed by atoms with Crippen molar-refractivity contribution in [2.75, 3.05) is 33.3 Å². The van der Waals surface area contributed by atoms with Crippen LogP contribution in [0.5, 0.6) is 5.75 Å². The van der Waals surface area contributed by atoms with E-state index in [1.165, 1.54) is 63.1 Å². The molecule has 0 amide bonds. The average Bonchev–Trinajstić information content (AvgIpc) is 2.71. The van der Waals surface area contributed by atoms with E-state index in [-0.39, 0.29) is 0 Å². The number of pyridine rings is 1. The van der Waals surface area contributed by atoms with E-state index in [4.69, 9.17) is 4.74 Å². The zero-order valence-corrected chi connectivity index (χ0v) is 16.4. The molecule has 1 spiro atoms. The Labute approximate surface area is 163 Å². The standard InChI is InChI=1S/C23H31N3O/c1-27-22-8-4-6-20(16-22)17-25-14-10-23(11-15-25)9-5-13-26(19-23)18-21-7-2-3-12-24-21/h2-4,6-8,12,16H,5,9-11,13-15,17-19H2,1H3. The molecule has 4 heteroatoms. The summed E-state index contributed by atoms with van der Waals surface area (Å²) in [5.41, 5.74) is 3.06. The SMILES string of the molecule is COc1cccc(CN2CCC3(CCCN(Cc4ccccn4)C3)CC2)c1. The Morgan fingerprint density at radius 1 is 0.963 bits per heavy atom. The summed E-state index contributed by atoms with van der Waals surface area (Å²) in [6.07, 6.45) is 7.25. The Morgan fingerprint density at radius 3 is 2.63 bits per heavy atom. The number of rotatable bonds is 5. The zero-order valence-electron chi connectivity index (χ0n) is 16.4. The molecule has 4 rings (SSSR count). The highest BCUT2D eigenvalue weighted by Crippen LogP contribution is 2.40. The van der Waals surface area contributed by atoms with Crippen LogP contribution in [0.3, 0.4) is 0 Å². The van der Waals surface area contributed by atoms with E-state index in [2.05, 4.69) is 45.1 Å². The van der Waals surface area contributed by atoms with Gasteiger partial charge in [0.05, 0.1) is 12.8 Å². The van der Waals surface area contributed by atoms with Crippen LogP contribution in [-0.4, -0.2) is 48.1 Å². The number of piperidine rings is 2. The highest BCUT2D eigenvalue weighted by atomic mass is 16.5. The Morgan fingerprint density at radius 2 is 1.85 bits per heavy atom. The monoisotopic (exact) mass is 365 g/mol. The molecule has 144 valence electrons. The van der Waals surface area contributed by atoms with E-state index in [1.807, 2.05) is 18.3 Å². The summed E-state index contributed by atoms with van der Waals surface area (Å²) < 4.78 is 5.37. The van der Waals surface area contributed by atoms with E-state index < -0.39 is 0 Å². The summed E-state index contributed by atoms with van der Waals surface area (Å²) in [6, 6.07) is 14.7. The summed E-state index contributed by atoms with van der Waals surface area (Å²) in [6.45, 7) is 6.88. The first kappa shape index (κ1) is 18.5. The molecule has 0 N–H and O–H groups in total. The van der Waals surface area contributed by atoms with Crippen LogP contribution >= 0.6 is 0 Å². The van der Waals surface area contributed by atoms with Crippen molar-refractivity contribution in [1.29, 1.82) is 0 Å². The first-order valence-corrected chi connectivity index (χ1v) is 10.2. The van der Waals surface area contributed by atoms with E-state index in [0.717, 1.165) is 18.8 Å². The molecule has 2 aliphatic rings. The van der Waals surface area contributed by atoms with E-state index >= 15 is 0 Å². The molecule has 0 radical (unpaired) electrons. The second kappa shape index (κ2) is 8.41. The normalized spacial score (nSPS) is 20.6. The number of nitrogens with zero attached hydrogens (tertiary/aromatic N) is 3. The van der Waals surface area contributed by atoms with Gasteiger partial charge in [0.1, 0.15) is 5.75 Å². The van der Waals surface area contributed by atoms with E-state index in [1.54, 1.807) is 7.11 Å². The van der Waals surface area contributed by atoms with Crippen LogP contribution in [-0.2, 0) is 13.1 Å². The maximum Gasteiger partial charge on any atom is 0.119 e. The molecule has 27 heavy (non-hydrogen) atoms. The summed E-state index contributed by atoms with van der Waals surface area (Å²) in [4.78, 5) is 9.76. The Balaban J connectivity index is 1.32. The van der Waals surface area contributed by atoms with Gasteiger partial charge in [0, 0.05) is 25.8 Å². The van der Waals surface area contributed by atoms with Crippen LogP contribution in [0.25, 0.3) is 0 Å². The number of benzene rings is 1. The molecular weight excluding hydrogens is 334 g/mol. The molecular formula is C23H31N3O. The van der Waals surface area contributed by atoms with Crippen molar-refractivity contribution >= 4 is 0 Å². The molecule has 3 heterocycles. The third-order valence-corrected chi connectivity index (χ3v) is 6.31. The number of hydrogen-bond donors (Lipinski definition) is 0. The molecule has 2 aromatic rings. The predicted molar refractivity (Wildman–Crippen MR) is 109 cm³/mol. The van der Waals surface area contributed by atoms with E-state index in [0.29, 0.717) is 5.41 Å². The molecule has 0 aliphatic carbocycles. The quantitative estimate of drug-likeness (QED) is 0.802. The van der Waals surface area contributed by atoms with Gasteiger partial charge in [-0.15, -0.1) is 0 Å². The van der Waals surface area contributed by atoms with Crippen molar-refractivity contribution in [3.63, 3.8) is 0 Å². The lowest BCUT2D eigenvalue weighted by atomic mass is 9.72. The van der Waals surface area contributed by atoms with Crippen LogP contribution in [0.4, 0.5) is 0 Å². The fraction of sp³-hybridized carbons (Fsp3) is 0.522. The van der Waals surface area contributed by atoms with Gasteiger partial charge in [-0.2, -0.15) is 0 Å². The van der Waals surface area contributed by atoms with Crippen molar-refractivity contribution in [2.24, 2.45) is 5.41 Å². The maximum atomic E-state index is 5.37. The van der Waals surface area contributed by atoms with Gasteiger partial charge in [-0.25, -0.2) is 0 Å². The lowest BCUT2D eigenvalue weighted by molar-refractivity contribution is 0.0181.